The number of aldehydes is 1. The molecule has 10 heteroatoms. The van der Waals surface area contributed by atoms with E-state index in [1.807, 2.05) is 0 Å². The van der Waals surface area contributed by atoms with Crippen molar-refractivity contribution in [2.75, 3.05) is 6.61 Å². The molecule has 0 rings (SSSR count). The van der Waals surface area contributed by atoms with Crippen LogP contribution in [-0.2, 0) is 4.79 Å². The first-order valence-electron chi connectivity index (χ1n) is 3.33. The summed E-state index contributed by atoms with van der Waals surface area (Å²) in [5, 5.41) is 43.5. The maximum atomic E-state index is 9.90. The third kappa shape index (κ3) is 11.8. The quantitative estimate of drug-likeness (QED) is 0.254. The maximum absolute atomic E-state index is 9.90. The van der Waals surface area contributed by atoms with Gasteiger partial charge in [0.25, 0.3) is 0 Å². The van der Waals surface area contributed by atoms with Gasteiger partial charge >= 0.3 is 80.9 Å². The van der Waals surface area contributed by atoms with Crippen LogP contribution in [-0.4, -0.2) is 62.8 Å². The van der Waals surface area contributed by atoms with E-state index in [-0.39, 0.29) is 112 Å². The van der Waals surface area contributed by atoms with Gasteiger partial charge in [0.15, 0.2) is 6.29 Å². The van der Waals surface area contributed by atoms with Crippen molar-refractivity contribution in [1.82, 2.24) is 0 Å². The second kappa shape index (κ2) is 17.7. The molecule has 0 radical (unpaired) electrons. The first-order chi connectivity index (χ1) is 5.54. The van der Waals surface area contributed by atoms with E-state index in [1.165, 1.54) is 0 Å². The first-order valence-corrected chi connectivity index (χ1v) is 3.33. The van der Waals surface area contributed by atoms with Gasteiger partial charge in [-0.2, -0.15) is 0 Å². The van der Waals surface area contributed by atoms with Crippen LogP contribution in [0.5, 0.6) is 0 Å². The van der Waals surface area contributed by atoms with Crippen LogP contribution in [0, 0.1) is 0 Å². The van der Waals surface area contributed by atoms with Gasteiger partial charge in [0.05, 0.1) is 6.61 Å². The molecule has 0 heterocycles. The molecule has 16 heavy (non-hydrogen) atoms. The first kappa shape index (κ1) is 31.2. The molecule has 0 bridgehead atoms. The number of carbonyl (C=O) groups is 1. The fourth-order valence-corrected chi connectivity index (χ4v) is 0.618. The molecule has 4 atom stereocenters. The largest absolute Gasteiger partial charge is 1.00 e. The van der Waals surface area contributed by atoms with Crippen molar-refractivity contribution in [1.29, 1.82) is 0 Å². The molecule has 6 nitrogen and oxygen atoms in total. The summed E-state index contributed by atoms with van der Waals surface area (Å²) in [6, 6.07) is 0. The third-order valence-corrected chi connectivity index (χ3v) is 1.42. The van der Waals surface area contributed by atoms with Crippen LogP contribution in [0.15, 0.2) is 0 Å². The van der Waals surface area contributed by atoms with Crippen LogP contribution in [0.1, 0.15) is 0 Å². The Labute approximate surface area is 170 Å². The Bertz CT molecular complexity index is 157. The minimum Gasteiger partial charge on any atom is -1.00 e. The molecule has 88 valence electrons. The molecule has 0 fully saturated rings. The molecule has 5 N–H and O–H groups in total. The van der Waals surface area contributed by atoms with Crippen molar-refractivity contribution in [3.8, 4) is 0 Å². The molecule has 0 aromatic carbocycles. The molecular weight excluding hydrogens is 301 g/mol. The summed E-state index contributed by atoms with van der Waals surface area (Å²) in [6.07, 6.45) is -6.84. The summed E-state index contributed by atoms with van der Waals surface area (Å²) >= 11 is 0. The van der Waals surface area contributed by atoms with E-state index in [2.05, 4.69) is 0 Å². The van der Waals surface area contributed by atoms with E-state index in [0.717, 1.165) is 0 Å². The van der Waals surface area contributed by atoms with E-state index in [9.17, 15) is 4.79 Å². The fourth-order valence-electron chi connectivity index (χ4n) is 0.618. The van der Waals surface area contributed by atoms with Crippen LogP contribution in [0.3, 0.4) is 0 Å². The van der Waals surface area contributed by atoms with Crippen molar-refractivity contribution in [2.24, 2.45) is 0 Å². The van der Waals surface area contributed by atoms with Gasteiger partial charge < -0.3 is 55.1 Å². The third-order valence-electron chi connectivity index (χ3n) is 1.42. The Morgan fingerprint density at radius 3 is 1.62 bits per heavy atom. The molecule has 0 amide bonds. The van der Waals surface area contributed by atoms with E-state index < -0.39 is 31.0 Å². The number of hydrogen-bond acceptors (Lipinski definition) is 6. The van der Waals surface area contributed by atoms with Gasteiger partial charge in [-0.25, -0.2) is 0 Å². The van der Waals surface area contributed by atoms with Crippen molar-refractivity contribution in [2.45, 2.75) is 24.4 Å². The predicted molar refractivity (Wildman–Crippen MR) is 37.2 cm³/mol. The van der Waals surface area contributed by atoms with Gasteiger partial charge in [-0.15, -0.1) is 0 Å². The number of aliphatic hydroxyl groups excluding tert-OH is 5. The minimum absolute atomic E-state index is 0. The van der Waals surface area contributed by atoms with Crippen LogP contribution in [0.2, 0.25) is 0 Å². The molecular formula is C6H12Cl2KNaO6. The summed E-state index contributed by atoms with van der Waals surface area (Å²) in [7, 11) is 0. The van der Waals surface area contributed by atoms with Crippen molar-refractivity contribution in [3.05, 3.63) is 0 Å². The Hall–Kier alpha value is 2.69. The summed E-state index contributed by atoms with van der Waals surface area (Å²) in [4.78, 5) is 9.90. The molecule has 0 unspecified atom stereocenters. The van der Waals surface area contributed by atoms with Crippen LogP contribution in [0.25, 0.3) is 0 Å². The zero-order valence-corrected chi connectivity index (χ0v) is 15.6. The average Bonchev–Trinajstić information content (AvgIpc) is 2.12. The molecule has 0 aliphatic heterocycles. The Kier molecular flexibility index (Phi) is 34.5. The van der Waals surface area contributed by atoms with Gasteiger partial charge in [0, 0.05) is 0 Å². The monoisotopic (exact) mass is 312 g/mol. The van der Waals surface area contributed by atoms with Gasteiger partial charge in [-0.05, 0) is 0 Å². The van der Waals surface area contributed by atoms with E-state index in [0.29, 0.717) is 0 Å². The average molecular weight is 313 g/mol. The van der Waals surface area contributed by atoms with Crippen LogP contribution < -0.4 is 106 Å². The Balaban J connectivity index is -0.000000101. The number of aliphatic hydroxyl groups is 5. The maximum Gasteiger partial charge on any atom is 1.00 e. The molecule has 0 saturated carbocycles. The van der Waals surface area contributed by atoms with Crippen molar-refractivity contribution < 1.29 is 136 Å². The summed E-state index contributed by atoms with van der Waals surface area (Å²) in [6.45, 7) is -0.760. The molecule has 0 aromatic heterocycles. The zero-order chi connectivity index (χ0) is 9.72. The second-order valence-electron chi connectivity index (χ2n) is 2.36. The van der Waals surface area contributed by atoms with E-state index >= 15 is 0 Å². The Morgan fingerprint density at radius 2 is 1.38 bits per heavy atom. The predicted octanol–water partition coefficient (Wildman–Crippen LogP) is -15.4. The second-order valence-corrected chi connectivity index (χ2v) is 2.36. The molecule has 0 spiro atoms. The van der Waals surface area contributed by atoms with Gasteiger partial charge in [0.2, 0.25) is 0 Å². The summed E-state index contributed by atoms with van der Waals surface area (Å²) in [5.74, 6) is 0. The zero-order valence-electron chi connectivity index (χ0n) is 8.99. The standard InChI is InChI=1S/C6H12O6.2ClH.K.Na/c7-1-3(9)5(11)6(12)4(10)2-8;;;;/h1,3-6,8-12H,2H2;2*1H;;/q;;;2*+1/p-2/t3-,4+,5+,6+;;;;/m0..../s1. The van der Waals surface area contributed by atoms with Crippen molar-refractivity contribution in [3.63, 3.8) is 0 Å². The van der Waals surface area contributed by atoms with Gasteiger partial charge in [-0.1, -0.05) is 0 Å². The number of carbonyl (C=O) groups excluding carboxylic acids is 1. The van der Waals surface area contributed by atoms with Crippen molar-refractivity contribution >= 4 is 6.29 Å². The molecule has 0 aromatic rings. The Morgan fingerprint density at radius 1 is 1.00 bits per heavy atom. The van der Waals surface area contributed by atoms with E-state index in [1.54, 1.807) is 0 Å². The number of hydrogen-bond donors (Lipinski definition) is 5. The molecule has 0 saturated heterocycles. The summed E-state index contributed by atoms with van der Waals surface area (Å²) < 4.78 is 0. The number of halogens is 2. The van der Waals surface area contributed by atoms with E-state index in [4.69, 9.17) is 25.5 Å². The van der Waals surface area contributed by atoms with Crippen LogP contribution >= 0.6 is 0 Å². The van der Waals surface area contributed by atoms with Gasteiger partial charge in [-0.3, -0.25) is 0 Å². The SMILES string of the molecule is O=C[C@H](O)[C@@H](O)[C@H](O)[C@H](O)CO.[Cl-].[Cl-].[K+].[Na+]. The smallest absolute Gasteiger partial charge is 1.00 e. The molecule has 0 aliphatic rings. The van der Waals surface area contributed by atoms with Crippen LogP contribution in [0.4, 0.5) is 0 Å². The molecule has 0 aliphatic carbocycles. The fraction of sp³-hybridized carbons (Fsp3) is 0.833. The summed E-state index contributed by atoms with van der Waals surface area (Å²) in [5.41, 5.74) is 0. The normalized spacial score (nSPS) is 15.8. The number of rotatable bonds is 5. The van der Waals surface area contributed by atoms with Gasteiger partial charge in [0.1, 0.15) is 24.4 Å². The topological polar surface area (TPSA) is 118 Å². The minimum atomic E-state index is -1.79.